The first-order valence-corrected chi connectivity index (χ1v) is 8.25. The van der Waals surface area contributed by atoms with Crippen LogP contribution in [-0.4, -0.2) is 24.8 Å². The van der Waals surface area contributed by atoms with Gasteiger partial charge >= 0.3 is 0 Å². The standard InChI is InChI=1S/C18H17BrN2O2/c1-13-10-15-4-2-3-5-17(15)21(13)18(22)12-23-20-11-14-6-8-16(19)9-7-14/h2-9,11,13H,10,12H2,1H3/b20-11-/t13-/m0/s1. The number of anilines is 1. The van der Waals surface area contributed by atoms with E-state index in [1.807, 2.05) is 49.4 Å². The Bertz CT molecular complexity index is 728. The van der Waals surface area contributed by atoms with Gasteiger partial charge in [0.2, 0.25) is 0 Å². The third kappa shape index (κ3) is 3.62. The zero-order valence-corrected chi connectivity index (χ0v) is 14.4. The fourth-order valence-corrected chi connectivity index (χ4v) is 3.02. The average Bonchev–Trinajstić information content (AvgIpc) is 2.89. The number of hydrogen-bond acceptors (Lipinski definition) is 3. The number of para-hydroxylation sites is 1. The quantitative estimate of drug-likeness (QED) is 0.605. The van der Waals surface area contributed by atoms with Crippen molar-refractivity contribution in [2.45, 2.75) is 19.4 Å². The molecular weight excluding hydrogens is 356 g/mol. The monoisotopic (exact) mass is 372 g/mol. The van der Waals surface area contributed by atoms with Crippen LogP contribution in [0.4, 0.5) is 5.69 Å². The summed E-state index contributed by atoms with van der Waals surface area (Å²) in [4.78, 5) is 19.4. The van der Waals surface area contributed by atoms with E-state index in [1.165, 1.54) is 5.56 Å². The van der Waals surface area contributed by atoms with Crippen molar-refractivity contribution in [3.8, 4) is 0 Å². The van der Waals surface area contributed by atoms with E-state index >= 15 is 0 Å². The number of carbonyl (C=O) groups is 1. The third-order valence-electron chi connectivity index (χ3n) is 3.81. The summed E-state index contributed by atoms with van der Waals surface area (Å²) in [6.45, 7) is 1.98. The van der Waals surface area contributed by atoms with E-state index in [0.717, 1.165) is 22.1 Å². The Hall–Kier alpha value is -2.14. The number of fused-ring (bicyclic) bond motifs is 1. The molecule has 0 radical (unpaired) electrons. The number of carbonyl (C=O) groups excluding carboxylic acids is 1. The maximum absolute atomic E-state index is 12.4. The van der Waals surface area contributed by atoms with Crippen LogP contribution in [0.5, 0.6) is 0 Å². The Morgan fingerprint density at radius 1 is 1.30 bits per heavy atom. The first kappa shape index (κ1) is 15.7. The highest BCUT2D eigenvalue weighted by Gasteiger charge is 2.30. The molecule has 2 aromatic rings. The Kier molecular flexibility index (Phi) is 4.76. The molecule has 0 saturated heterocycles. The van der Waals surface area contributed by atoms with Crippen LogP contribution in [0.2, 0.25) is 0 Å². The van der Waals surface area contributed by atoms with E-state index in [4.69, 9.17) is 4.84 Å². The van der Waals surface area contributed by atoms with E-state index in [-0.39, 0.29) is 18.6 Å². The summed E-state index contributed by atoms with van der Waals surface area (Å²) < 4.78 is 1.01. The van der Waals surface area contributed by atoms with Crippen LogP contribution in [0.25, 0.3) is 0 Å². The fraction of sp³-hybridized carbons (Fsp3) is 0.222. The minimum atomic E-state index is -0.0737. The molecule has 0 fully saturated rings. The SMILES string of the molecule is C[C@H]1Cc2ccccc2N1C(=O)CO/N=C\c1ccc(Br)cc1. The molecule has 3 rings (SSSR count). The van der Waals surface area contributed by atoms with Crippen molar-refractivity contribution >= 4 is 33.7 Å². The number of halogens is 1. The molecule has 0 aliphatic carbocycles. The van der Waals surface area contributed by atoms with Crippen molar-refractivity contribution in [3.63, 3.8) is 0 Å². The molecule has 1 aliphatic rings. The predicted octanol–water partition coefficient (Wildman–Crippen LogP) is 3.78. The van der Waals surface area contributed by atoms with E-state index < -0.39 is 0 Å². The number of rotatable bonds is 4. The average molecular weight is 373 g/mol. The van der Waals surface area contributed by atoms with Gasteiger partial charge in [-0.3, -0.25) is 4.79 Å². The lowest BCUT2D eigenvalue weighted by molar-refractivity contribution is -0.123. The Morgan fingerprint density at radius 3 is 2.83 bits per heavy atom. The smallest absolute Gasteiger partial charge is 0.268 e. The topological polar surface area (TPSA) is 41.9 Å². The molecule has 4 nitrogen and oxygen atoms in total. The van der Waals surface area contributed by atoms with Gasteiger partial charge in [-0.25, -0.2) is 0 Å². The molecule has 23 heavy (non-hydrogen) atoms. The van der Waals surface area contributed by atoms with Crippen LogP contribution < -0.4 is 4.90 Å². The normalized spacial score (nSPS) is 16.6. The molecule has 1 heterocycles. The molecule has 1 aliphatic heterocycles. The summed E-state index contributed by atoms with van der Waals surface area (Å²) in [6.07, 6.45) is 2.48. The molecule has 0 aromatic heterocycles. The van der Waals surface area contributed by atoms with Gasteiger partial charge in [0.25, 0.3) is 5.91 Å². The van der Waals surface area contributed by atoms with Crippen LogP contribution >= 0.6 is 15.9 Å². The number of nitrogens with zero attached hydrogens (tertiary/aromatic N) is 2. The first-order chi connectivity index (χ1) is 11.1. The highest BCUT2D eigenvalue weighted by molar-refractivity contribution is 9.10. The van der Waals surface area contributed by atoms with Crippen molar-refractivity contribution in [2.75, 3.05) is 11.5 Å². The molecule has 1 amide bonds. The minimum absolute atomic E-state index is 0.0638. The van der Waals surface area contributed by atoms with Crippen LogP contribution in [0.3, 0.4) is 0 Å². The van der Waals surface area contributed by atoms with Crippen molar-refractivity contribution in [2.24, 2.45) is 5.16 Å². The Morgan fingerprint density at radius 2 is 2.04 bits per heavy atom. The van der Waals surface area contributed by atoms with Gasteiger partial charge in [-0.05, 0) is 42.7 Å². The second kappa shape index (κ2) is 6.96. The van der Waals surface area contributed by atoms with Gasteiger partial charge in [-0.15, -0.1) is 0 Å². The largest absolute Gasteiger partial charge is 0.386 e. The van der Waals surface area contributed by atoms with Crippen molar-refractivity contribution < 1.29 is 9.63 Å². The third-order valence-corrected chi connectivity index (χ3v) is 4.34. The Labute approximate surface area is 143 Å². The summed E-state index contributed by atoms with van der Waals surface area (Å²) in [7, 11) is 0. The lowest BCUT2D eigenvalue weighted by atomic mass is 10.1. The summed E-state index contributed by atoms with van der Waals surface area (Å²) in [5, 5.41) is 3.88. The number of hydrogen-bond donors (Lipinski definition) is 0. The zero-order valence-electron chi connectivity index (χ0n) is 12.8. The van der Waals surface area contributed by atoms with E-state index in [0.29, 0.717) is 0 Å². The lowest BCUT2D eigenvalue weighted by Gasteiger charge is -2.21. The lowest BCUT2D eigenvalue weighted by Crippen LogP contribution is -2.37. The van der Waals surface area contributed by atoms with Gasteiger partial charge in [0.1, 0.15) is 0 Å². The maximum Gasteiger partial charge on any atom is 0.268 e. The van der Waals surface area contributed by atoms with Gasteiger partial charge in [0, 0.05) is 16.2 Å². The molecular formula is C18H17BrN2O2. The maximum atomic E-state index is 12.4. The van der Waals surface area contributed by atoms with E-state index in [2.05, 4.69) is 27.2 Å². The van der Waals surface area contributed by atoms with Gasteiger partial charge in [-0.1, -0.05) is 51.4 Å². The number of benzene rings is 2. The van der Waals surface area contributed by atoms with Crippen molar-refractivity contribution in [1.29, 1.82) is 0 Å². The van der Waals surface area contributed by atoms with Gasteiger partial charge < -0.3 is 9.74 Å². The summed E-state index contributed by atoms with van der Waals surface area (Å²) in [5.74, 6) is -0.0737. The van der Waals surface area contributed by atoms with E-state index in [9.17, 15) is 4.79 Å². The summed E-state index contributed by atoms with van der Waals surface area (Å²) in [6, 6.07) is 15.8. The van der Waals surface area contributed by atoms with Crippen LogP contribution in [0, 0.1) is 0 Å². The Balaban J connectivity index is 1.58. The highest BCUT2D eigenvalue weighted by Crippen LogP contribution is 2.31. The molecule has 5 heteroatoms. The van der Waals surface area contributed by atoms with Crippen LogP contribution in [0.1, 0.15) is 18.1 Å². The van der Waals surface area contributed by atoms with Crippen LogP contribution in [0.15, 0.2) is 58.2 Å². The van der Waals surface area contributed by atoms with E-state index in [1.54, 1.807) is 11.1 Å². The summed E-state index contributed by atoms with van der Waals surface area (Å²) >= 11 is 3.38. The molecule has 0 unspecified atom stereocenters. The fourth-order valence-electron chi connectivity index (χ4n) is 2.75. The predicted molar refractivity (Wildman–Crippen MR) is 94.8 cm³/mol. The number of oxime groups is 1. The van der Waals surface area contributed by atoms with Crippen molar-refractivity contribution in [3.05, 3.63) is 64.1 Å². The first-order valence-electron chi connectivity index (χ1n) is 7.46. The molecule has 0 N–H and O–H groups in total. The second-order valence-corrected chi connectivity index (χ2v) is 6.42. The highest BCUT2D eigenvalue weighted by atomic mass is 79.9. The number of amides is 1. The van der Waals surface area contributed by atoms with Gasteiger partial charge in [0.15, 0.2) is 6.61 Å². The molecule has 0 spiro atoms. The molecule has 0 bridgehead atoms. The van der Waals surface area contributed by atoms with Gasteiger partial charge in [0.05, 0.1) is 6.21 Å². The van der Waals surface area contributed by atoms with Crippen LogP contribution in [-0.2, 0) is 16.1 Å². The summed E-state index contributed by atoms with van der Waals surface area (Å²) in [5.41, 5.74) is 3.10. The minimum Gasteiger partial charge on any atom is -0.386 e. The molecule has 1 atom stereocenters. The zero-order chi connectivity index (χ0) is 16.2. The molecule has 2 aromatic carbocycles. The second-order valence-electron chi connectivity index (χ2n) is 5.51. The van der Waals surface area contributed by atoms with Crippen molar-refractivity contribution in [1.82, 2.24) is 0 Å². The van der Waals surface area contributed by atoms with Gasteiger partial charge in [-0.2, -0.15) is 0 Å². The molecule has 0 saturated carbocycles. The molecule has 118 valence electrons.